The summed E-state index contributed by atoms with van der Waals surface area (Å²) in [5.41, 5.74) is 7.98. The molecule has 0 amide bonds. The van der Waals surface area contributed by atoms with Crippen LogP contribution in [0.2, 0.25) is 0 Å². The molecule has 2 N–H and O–H groups in total. The van der Waals surface area contributed by atoms with Crippen molar-refractivity contribution in [3.8, 4) is 0 Å². The molecule has 0 saturated heterocycles. The van der Waals surface area contributed by atoms with Gasteiger partial charge in [-0.05, 0) is 79.9 Å². The first-order valence-electron chi connectivity index (χ1n) is 11.1. The van der Waals surface area contributed by atoms with Crippen molar-refractivity contribution in [3.63, 3.8) is 0 Å². The third kappa shape index (κ3) is 2.82. The number of ketones is 2. The van der Waals surface area contributed by atoms with E-state index >= 15 is 0 Å². The Bertz CT molecular complexity index is 895. The quantitative estimate of drug-likeness (QED) is 0.687. The number of thioether (sulfide) groups is 1. The van der Waals surface area contributed by atoms with Crippen LogP contribution in [0, 0.1) is 28.6 Å². The Morgan fingerprint density at radius 1 is 0.966 bits per heavy atom. The van der Waals surface area contributed by atoms with Gasteiger partial charge in [0.15, 0.2) is 5.78 Å². The minimum absolute atomic E-state index is 0.0413. The zero-order valence-electron chi connectivity index (χ0n) is 17.4. The maximum atomic E-state index is 13.1. The first-order valence-corrected chi connectivity index (χ1v) is 11.9. The Labute approximate surface area is 177 Å². The zero-order valence-corrected chi connectivity index (χ0v) is 18.3. The molecule has 154 valence electrons. The molecule has 0 aliphatic heterocycles. The van der Waals surface area contributed by atoms with E-state index in [1.807, 2.05) is 36.4 Å². The first kappa shape index (κ1) is 19.6. The van der Waals surface area contributed by atoms with E-state index in [2.05, 4.69) is 13.8 Å². The standard InChI is InChI=1S/C25H31NO2S/c1-23-13-12-20-18(19(23)10-11-21(23)27)9-8-16-14-22(28)25(26,15-24(16,20)2)29-17-6-4-3-5-7-17/h3-7,14,18-20H,8-13,15,26H2,1-2H3/t18-,19-,20-,23-,24-,25?/m0/s1. The summed E-state index contributed by atoms with van der Waals surface area (Å²) in [5, 5.41) is 0. The zero-order chi connectivity index (χ0) is 20.4. The molecule has 1 aromatic carbocycles. The molecule has 4 heteroatoms. The van der Waals surface area contributed by atoms with Gasteiger partial charge in [-0.2, -0.15) is 0 Å². The third-order valence-electron chi connectivity index (χ3n) is 8.84. The van der Waals surface area contributed by atoms with Crippen molar-refractivity contribution in [2.75, 3.05) is 0 Å². The molecule has 4 aliphatic rings. The average Bonchev–Trinajstić information content (AvgIpc) is 2.99. The highest BCUT2D eigenvalue weighted by atomic mass is 32.2. The molecular formula is C25H31NO2S. The lowest BCUT2D eigenvalue weighted by Crippen LogP contribution is -2.57. The van der Waals surface area contributed by atoms with Gasteiger partial charge < -0.3 is 5.73 Å². The van der Waals surface area contributed by atoms with Crippen LogP contribution in [0.3, 0.4) is 0 Å². The van der Waals surface area contributed by atoms with E-state index in [9.17, 15) is 9.59 Å². The van der Waals surface area contributed by atoms with E-state index in [1.165, 1.54) is 17.3 Å². The molecule has 3 nitrogen and oxygen atoms in total. The van der Waals surface area contributed by atoms with E-state index in [0.717, 1.165) is 43.4 Å². The maximum Gasteiger partial charge on any atom is 0.186 e. The number of nitrogens with two attached hydrogens (primary N) is 1. The minimum Gasteiger partial charge on any atom is -0.310 e. The number of hydrogen-bond acceptors (Lipinski definition) is 4. The summed E-state index contributed by atoms with van der Waals surface area (Å²) in [7, 11) is 0. The molecule has 6 atom stereocenters. The number of allylic oxidation sites excluding steroid dienone is 1. The normalized spacial score (nSPS) is 44.0. The largest absolute Gasteiger partial charge is 0.310 e. The summed E-state index contributed by atoms with van der Waals surface area (Å²) in [6.45, 7) is 4.58. The van der Waals surface area contributed by atoms with Gasteiger partial charge in [0.1, 0.15) is 10.7 Å². The second-order valence-corrected chi connectivity index (χ2v) is 11.7. The molecular weight excluding hydrogens is 378 g/mol. The van der Waals surface area contributed by atoms with Gasteiger partial charge in [-0.15, -0.1) is 0 Å². The van der Waals surface area contributed by atoms with Gasteiger partial charge in [-0.25, -0.2) is 0 Å². The third-order valence-corrected chi connectivity index (χ3v) is 10.1. The van der Waals surface area contributed by atoms with Crippen LogP contribution in [0.1, 0.15) is 58.8 Å². The monoisotopic (exact) mass is 409 g/mol. The Morgan fingerprint density at radius 2 is 1.69 bits per heavy atom. The molecule has 0 radical (unpaired) electrons. The number of carbonyl (C=O) groups excluding carboxylic acids is 2. The smallest absolute Gasteiger partial charge is 0.186 e. The summed E-state index contributed by atoms with van der Waals surface area (Å²) in [6.07, 6.45) is 8.58. The van der Waals surface area contributed by atoms with Crippen molar-refractivity contribution in [1.82, 2.24) is 0 Å². The Hall–Kier alpha value is -1.39. The number of carbonyl (C=O) groups is 2. The number of Topliss-reactive ketones (excluding diaryl/α,β-unsaturated/α-hetero) is 1. The first-order chi connectivity index (χ1) is 13.8. The second kappa shape index (κ2) is 6.55. The van der Waals surface area contributed by atoms with E-state index in [4.69, 9.17) is 5.73 Å². The van der Waals surface area contributed by atoms with Crippen molar-refractivity contribution in [2.45, 2.75) is 68.6 Å². The molecule has 0 spiro atoms. The summed E-state index contributed by atoms with van der Waals surface area (Å²) in [5.74, 6) is 2.17. The van der Waals surface area contributed by atoms with Crippen LogP contribution in [0.25, 0.3) is 0 Å². The van der Waals surface area contributed by atoms with E-state index in [1.54, 1.807) is 0 Å². The number of hydrogen-bond donors (Lipinski definition) is 1. The van der Waals surface area contributed by atoms with Crippen LogP contribution >= 0.6 is 11.8 Å². The Balaban J connectivity index is 1.48. The summed E-state index contributed by atoms with van der Waals surface area (Å²) < 4.78 is 0. The van der Waals surface area contributed by atoms with Crippen molar-refractivity contribution >= 4 is 23.3 Å². The highest BCUT2D eigenvalue weighted by Crippen LogP contribution is 2.65. The second-order valence-electron chi connectivity index (χ2n) is 10.3. The molecule has 4 aliphatic carbocycles. The molecule has 0 aromatic heterocycles. The van der Waals surface area contributed by atoms with Crippen LogP contribution < -0.4 is 5.73 Å². The SMILES string of the molecule is C[C@]12CC(N)(Sc3ccccc3)C(=O)C=C1CC[C@@H]1[C@@H]2CC[C@]2(C)C(=O)CC[C@@H]12. The molecule has 5 rings (SSSR count). The fourth-order valence-electron chi connectivity index (χ4n) is 7.28. The molecule has 1 aromatic rings. The lowest BCUT2D eigenvalue weighted by molar-refractivity contribution is -0.132. The summed E-state index contributed by atoms with van der Waals surface area (Å²) >= 11 is 1.52. The molecule has 0 bridgehead atoms. The van der Waals surface area contributed by atoms with Gasteiger partial charge in [0.05, 0.1) is 0 Å². The topological polar surface area (TPSA) is 60.2 Å². The highest BCUT2D eigenvalue weighted by molar-refractivity contribution is 8.01. The lowest BCUT2D eigenvalue weighted by atomic mass is 9.47. The number of fused-ring (bicyclic) bond motifs is 5. The van der Waals surface area contributed by atoms with Crippen LogP contribution in [-0.2, 0) is 9.59 Å². The highest BCUT2D eigenvalue weighted by Gasteiger charge is 2.61. The average molecular weight is 410 g/mol. The maximum absolute atomic E-state index is 13.1. The predicted molar refractivity (Wildman–Crippen MR) is 116 cm³/mol. The predicted octanol–water partition coefficient (Wildman–Crippen LogP) is 5.14. The van der Waals surface area contributed by atoms with Crippen LogP contribution in [0.15, 0.2) is 46.9 Å². The number of benzene rings is 1. The van der Waals surface area contributed by atoms with Crippen LogP contribution in [-0.4, -0.2) is 16.4 Å². The van der Waals surface area contributed by atoms with Crippen molar-refractivity contribution in [3.05, 3.63) is 42.0 Å². The van der Waals surface area contributed by atoms with E-state index in [-0.39, 0.29) is 16.6 Å². The van der Waals surface area contributed by atoms with Crippen LogP contribution in [0.5, 0.6) is 0 Å². The van der Waals surface area contributed by atoms with Gasteiger partial charge in [-0.1, -0.05) is 49.4 Å². The Morgan fingerprint density at radius 3 is 2.45 bits per heavy atom. The molecule has 0 heterocycles. The summed E-state index contributed by atoms with van der Waals surface area (Å²) in [4.78, 5) is 25.9. The van der Waals surface area contributed by atoms with Gasteiger partial charge in [0.2, 0.25) is 0 Å². The van der Waals surface area contributed by atoms with E-state index < -0.39 is 4.87 Å². The summed E-state index contributed by atoms with van der Waals surface area (Å²) in [6, 6.07) is 10.1. The molecule has 29 heavy (non-hydrogen) atoms. The molecule has 3 fully saturated rings. The van der Waals surface area contributed by atoms with Crippen molar-refractivity contribution in [2.24, 2.45) is 34.3 Å². The van der Waals surface area contributed by atoms with E-state index in [0.29, 0.717) is 30.0 Å². The van der Waals surface area contributed by atoms with Crippen molar-refractivity contribution < 1.29 is 9.59 Å². The minimum atomic E-state index is -0.909. The molecule has 1 unspecified atom stereocenters. The fourth-order valence-corrected chi connectivity index (χ4v) is 8.52. The van der Waals surface area contributed by atoms with Gasteiger partial charge >= 0.3 is 0 Å². The number of rotatable bonds is 2. The van der Waals surface area contributed by atoms with Gasteiger partial charge in [0.25, 0.3) is 0 Å². The lowest BCUT2D eigenvalue weighted by Gasteiger charge is -2.58. The van der Waals surface area contributed by atoms with Gasteiger partial charge in [-0.3, -0.25) is 9.59 Å². The van der Waals surface area contributed by atoms with Crippen molar-refractivity contribution in [1.29, 1.82) is 0 Å². The fraction of sp³-hybridized carbons (Fsp3) is 0.600. The van der Waals surface area contributed by atoms with Gasteiger partial charge in [0, 0.05) is 16.7 Å². The molecule has 3 saturated carbocycles. The Kier molecular flexibility index (Phi) is 4.42. The van der Waals surface area contributed by atoms with Crippen LogP contribution in [0.4, 0.5) is 0 Å².